The molecule has 0 saturated heterocycles. The molecule has 0 aliphatic heterocycles. The lowest BCUT2D eigenvalue weighted by Gasteiger charge is -2.38. The normalized spacial score (nSPS) is 29.6. The Morgan fingerprint density at radius 2 is 1.65 bits per heavy atom. The van der Waals surface area contributed by atoms with E-state index in [9.17, 15) is 5.11 Å². The Bertz CT molecular complexity index is 356. The van der Waals surface area contributed by atoms with Crippen LogP contribution in [0.3, 0.4) is 0 Å². The highest BCUT2D eigenvalue weighted by atomic mass is 16.3. The van der Waals surface area contributed by atoms with E-state index < -0.39 is 5.60 Å². The summed E-state index contributed by atoms with van der Waals surface area (Å²) in [6.45, 7) is 6.67. The lowest BCUT2D eigenvalue weighted by molar-refractivity contribution is -0.0199. The quantitative estimate of drug-likeness (QED) is 0.816. The third-order valence-electron chi connectivity index (χ3n) is 4.39. The van der Waals surface area contributed by atoms with Gasteiger partial charge in [-0.3, -0.25) is 0 Å². The second-order valence-corrected chi connectivity index (χ2v) is 5.98. The van der Waals surface area contributed by atoms with Crippen LogP contribution in [0.2, 0.25) is 0 Å². The summed E-state index contributed by atoms with van der Waals surface area (Å²) in [5.41, 5.74) is 1.79. The van der Waals surface area contributed by atoms with Crippen molar-refractivity contribution in [1.29, 1.82) is 0 Å². The van der Waals surface area contributed by atoms with Gasteiger partial charge in [-0.15, -0.1) is 0 Å². The van der Waals surface area contributed by atoms with Crippen LogP contribution in [-0.4, -0.2) is 5.11 Å². The standard InChI is InChI=1S/C16H24O/c1-12(2)14-8-10-16(17,11-9-14)15-6-4-13(3)5-7-15/h4-7,12,14,17H,8-11H2,1-3H3. The summed E-state index contributed by atoms with van der Waals surface area (Å²) in [6, 6.07) is 8.37. The number of rotatable bonds is 2. The molecule has 0 unspecified atom stereocenters. The molecule has 0 radical (unpaired) electrons. The van der Waals surface area contributed by atoms with Crippen molar-refractivity contribution in [1.82, 2.24) is 0 Å². The van der Waals surface area contributed by atoms with Crippen molar-refractivity contribution in [3.8, 4) is 0 Å². The van der Waals surface area contributed by atoms with E-state index in [0.29, 0.717) is 0 Å². The highest BCUT2D eigenvalue weighted by Crippen LogP contribution is 2.41. The van der Waals surface area contributed by atoms with Crippen LogP contribution in [-0.2, 0) is 5.60 Å². The Hall–Kier alpha value is -0.820. The maximum atomic E-state index is 10.7. The van der Waals surface area contributed by atoms with Gasteiger partial charge >= 0.3 is 0 Å². The zero-order chi connectivity index (χ0) is 12.5. The van der Waals surface area contributed by atoms with E-state index >= 15 is 0 Å². The minimum Gasteiger partial charge on any atom is -0.385 e. The molecular formula is C16H24O. The van der Waals surface area contributed by atoms with Crippen molar-refractivity contribution >= 4 is 0 Å². The van der Waals surface area contributed by atoms with E-state index in [-0.39, 0.29) is 0 Å². The van der Waals surface area contributed by atoms with Gasteiger partial charge in [0.2, 0.25) is 0 Å². The summed E-state index contributed by atoms with van der Waals surface area (Å²) in [7, 11) is 0. The third kappa shape index (κ3) is 2.71. The highest BCUT2D eigenvalue weighted by molar-refractivity contribution is 5.26. The predicted molar refractivity (Wildman–Crippen MR) is 71.9 cm³/mol. The Balaban J connectivity index is 2.09. The first-order valence-corrected chi connectivity index (χ1v) is 6.81. The Morgan fingerprint density at radius 1 is 1.12 bits per heavy atom. The van der Waals surface area contributed by atoms with Gasteiger partial charge in [-0.2, -0.15) is 0 Å². The molecule has 0 bridgehead atoms. The summed E-state index contributed by atoms with van der Waals surface area (Å²) >= 11 is 0. The molecular weight excluding hydrogens is 208 g/mol. The monoisotopic (exact) mass is 232 g/mol. The third-order valence-corrected chi connectivity index (χ3v) is 4.39. The number of aliphatic hydroxyl groups is 1. The molecule has 0 atom stereocenters. The maximum Gasteiger partial charge on any atom is 0.0896 e. The Morgan fingerprint density at radius 3 is 2.12 bits per heavy atom. The van der Waals surface area contributed by atoms with Crippen LogP contribution in [0.15, 0.2) is 24.3 Å². The van der Waals surface area contributed by atoms with Crippen LogP contribution in [0.25, 0.3) is 0 Å². The molecule has 1 nitrogen and oxygen atoms in total. The van der Waals surface area contributed by atoms with Crippen molar-refractivity contribution in [2.75, 3.05) is 0 Å². The van der Waals surface area contributed by atoms with E-state index in [2.05, 4.69) is 45.0 Å². The fraction of sp³-hybridized carbons (Fsp3) is 0.625. The fourth-order valence-corrected chi connectivity index (χ4v) is 2.94. The topological polar surface area (TPSA) is 20.2 Å². The van der Waals surface area contributed by atoms with Crippen molar-refractivity contribution < 1.29 is 5.11 Å². The first kappa shape index (κ1) is 12.6. The summed E-state index contributed by atoms with van der Waals surface area (Å²) in [6.07, 6.45) is 4.14. The van der Waals surface area contributed by atoms with Crippen LogP contribution in [0.1, 0.15) is 50.7 Å². The molecule has 0 aromatic heterocycles. The summed E-state index contributed by atoms with van der Waals surface area (Å²) in [5.74, 6) is 1.54. The van der Waals surface area contributed by atoms with E-state index in [1.807, 2.05) is 0 Å². The Kier molecular flexibility index (Phi) is 3.58. The zero-order valence-electron chi connectivity index (χ0n) is 11.2. The van der Waals surface area contributed by atoms with Crippen LogP contribution in [0.5, 0.6) is 0 Å². The molecule has 1 aromatic carbocycles. The van der Waals surface area contributed by atoms with Gasteiger partial charge in [-0.05, 0) is 50.0 Å². The molecule has 1 aliphatic rings. The minimum absolute atomic E-state index is 0.570. The maximum absolute atomic E-state index is 10.7. The van der Waals surface area contributed by atoms with Crippen LogP contribution >= 0.6 is 0 Å². The first-order chi connectivity index (χ1) is 8.01. The largest absolute Gasteiger partial charge is 0.385 e. The number of hydrogen-bond donors (Lipinski definition) is 1. The molecule has 1 saturated carbocycles. The zero-order valence-corrected chi connectivity index (χ0v) is 11.2. The second-order valence-electron chi connectivity index (χ2n) is 5.98. The fourth-order valence-electron chi connectivity index (χ4n) is 2.94. The lowest BCUT2D eigenvalue weighted by Crippen LogP contribution is -2.32. The van der Waals surface area contributed by atoms with Gasteiger partial charge < -0.3 is 5.11 Å². The summed E-state index contributed by atoms with van der Waals surface area (Å²) in [4.78, 5) is 0. The lowest BCUT2D eigenvalue weighted by atomic mass is 9.72. The van der Waals surface area contributed by atoms with Crippen molar-refractivity contribution in [2.45, 2.75) is 52.1 Å². The summed E-state index contributed by atoms with van der Waals surface area (Å²) in [5, 5.41) is 10.7. The molecule has 0 spiro atoms. The molecule has 0 heterocycles. The van der Waals surface area contributed by atoms with Gasteiger partial charge in [0.1, 0.15) is 0 Å². The van der Waals surface area contributed by atoms with Gasteiger partial charge in [0.05, 0.1) is 5.60 Å². The molecule has 94 valence electrons. The average molecular weight is 232 g/mol. The smallest absolute Gasteiger partial charge is 0.0896 e. The van der Waals surface area contributed by atoms with Crippen molar-refractivity contribution in [2.24, 2.45) is 11.8 Å². The average Bonchev–Trinajstić information content (AvgIpc) is 2.30. The Labute approximate surface area is 105 Å². The van der Waals surface area contributed by atoms with Gasteiger partial charge in [0, 0.05) is 0 Å². The van der Waals surface area contributed by atoms with E-state index in [4.69, 9.17) is 0 Å². The van der Waals surface area contributed by atoms with E-state index in [0.717, 1.165) is 43.1 Å². The van der Waals surface area contributed by atoms with Gasteiger partial charge in [-0.1, -0.05) is 43.7 Å². The van der Waals surface area contributed by atoms with Crippen molar-refractivity contribution in [3.63, 3.8) is 0 Å². The molecule has 2 rings (SSSR count). The molecule has 1 heteroatoms. The number of aryl methyl sites for hydroxylation is 1. The second kappa shape index (κ2) is 4.81. The highest BCUT2D eigenvalue weighted by Gasteiger charge is 2.35. The summed E-state index contributed by atoms with van der Waals surface area (Å²) < 4.78 is 0. The SMILES string of the molecule is Cc1ccc(C2(O)CCC(C(C)C)CC2)cc1. The van der Waals surface area contributed by atoms with Crippen LogP contribution < -0.4 is 0 Å². The van der Waals surface area contributed by atoms with Crippen molar-refractivity contribution in [3.05, 3.63) is 35.4 Å². The van der Waals surface area contributed by atoms with Crippen LogP contribution in [0.4, 0.5) is 0 Å². The minimum atomic E-state index is -0.570. The first-order valence-electron chi connectivity index (χ1n) is 6.81. The van der Waals surface area contributed by atoms with Gasteiger partial charge in [-0.25, -0.2) is 0 Å². The van der Waals surface area contributed by atoms with E-state index in [1.54, 1.807) is 0 Å². The van der Waals surface area contributed by atoms with Gasteiger partial charge in [0.15, 0.2) is 0 Å². The molecule has 17 heavy (non-hydrogen) atoms. The van der Waals surface area contributed by atoms with Crippen LogP contribution in [0, 0.1) is 18.8 Å². The molecule has 1 N–H and O–H groups in total. The van der Waals surface area contributed by atoms with E-state index in [1.165, 1.54) is 5.56 Å². The van der Waals surface area contributed by atoms with Gasteiger partial charge in [0.25, 0.3) is 0 Å². The predicted octanol–water partition coefficient (Wildman–Crippen LogP) is 4.03. The molecule has 1 fully saturated rings. The number of benzene rings is 1. The molecule has 1 aliphatic carbocycles. The number of hydrogen-bond acceptors (Lipinski definition) is 1. The molecule has 0 amide bonds. The molecule has 1 aromatic rings.